The number of likely N-dealkylation sites (N-methyl/N-ethyl adjacent to an activating group) is 1. The first-order valence-corrected chi connectivity index (χ1v) is 18.1. The number of rotatable bonds is 14. The Morgan fingerprint density at radius 1 is 0.760 bits per heavy atom. The van der Waals surface area contributed by atoms with Crippen LogP contribution in [-0.4, -0.2) is 72.2 Å². The Morgan fingerprint density at radius 3 is 1.88 bits per heavy atom. The Kier molecular flexibility index (Phi) is 11.9. The molecule has 2 N–H and O–H groups in total. The topological polar surface area (TPSA) is 81.8 Å². The standard InChI is InChI=1S/C43H50N4O3/c1-44-38(27-31-15-7-3-8-16-31)42(49)45-41-35(30-46(2)29-32-17-9-4-10-18-32)23-24-36-25-26-39(47(36)43(41)50)40(48)28-37(33-19-11-5-12-20-33)34-21-13-6-14-22-34/h3-22,35-39,41,44H,23-30H2,1-2H3,(H,45,49)/t35-,36+,38-,39+,41+/m1/s1. The molecular weight excluding hydrogens is 620 g/mol. The third-order valence-corrected chi connectivity index (χ3v) is 10.6. The Labute approximate surface area is 297 Å². The summed E-state index contributed by atoms with van der Waals surface area (Å²) in [6.07, 6.45) is 3.87. The molecule has 2 aliphatic heterocycles. The summed E-state index contributed by atoms with van der Waals surface area (Å²) in [7, 11) is 3.86. The van der Waals surface area contributed by atoms with Gasteiger partial charge in [0.1, 0.15) is 6.04 Å². The normalized spacial score (nSPS) is 21.1. The zero-order chi connectivity index (χ0) is 34.9. The van der Waals surface area contributed by atoms with E-state index in [9.17, 15) is 14.4 Å². The van der Waals surface area contributed by atoms with Crippen molar-refractivity contribution < 1.29 is 14.4 Å². The van der Waals surface area contributed by atoms with E-state index in [1.54, 1.807) is 7.05 Å². The fourth-order valence-corrected chi connectivity index (χ4v) is 8.05. The molecule has 7 heteroatoms. The molecule has 2 heterocycles. The molecule has 6 rings (SSSR count). The third kappa shape index (κ3) is 8.58. The van der Waals surface area contributed by atoms with Crippen LogP contribution in [0.15, 0.2) is 121 Å². The Balaban J connectivity index is 1.25. The maximum absolute atomic E-state index is 14.8. The van der Waals surface area contributed by atoms with Gasteiger partial charge in [-0.25, -0.2) is 0 Å². The number of hydrogen-bond donors (Lipinski definition) is 2. The van der Waals surface area contributed by atoms with E-state index in [0.717, 1.165) is 42.5 Å². The van der Waals surface area contributed by atoms with Gasteiger partial charge in [0.15, 0.2) is 5.78 Å². The minimum Gasteiger partial charge on any atom is -0.343 e. The molecule has 2 saturated heterocycles. The lowest BCUT2D eigenvalue weighted by molar-refractivity contribution is -0.143. The zero-order valence-electron chi connectivity index (χ0n) is 29.3. The molecule has 5 atom stereocenters. The number of fused-ring (bicyclic) bond motifs is 1. The molecule has 0 saturated carbocycles. The van der Waals surface area contributed by atoms with E-state index < -0.39 is 18.1 Å². The van der Waals surface area contributed by atoms with E-state index in [4.69, 9.17) is 0 Å². The Morgan fingerprint density at radius 2 is 1.30 bits per heavy atom. The highest BCUT2D eigenvalue weighted by Gasteiger charge is 2.48. The predicted octanol–water partition coefficient (Wildman–Crippen LogP) is 5.99. The minimum atomic E-state index is -0.732. The van der Waals surface area contributed by atoms with Crippen LogP contribution in [0.4, 0.5) is 0 Å². The predicted molar refractivity (Wildman–Crippen MR) is 198 cm³/mol. The fourth-order valence-electron chi connectivity index (χ4n) is 8.05. The second-order valence-electron chi connectivity index (χ2n) is 14.1. The van der Waals surface area contributed by atoms with Crippen molar-refractivity contribution in [3.8, 4) is 0 Å². The van der Waals surface area contributed by atoms with Gasteiger partial charge >= 0.3 is 0 Å². The monoisotopic (exact) mass is 670 g/mol. The first-order valence-electron chi connectivity index (χ1n) is 18.1. The average Bonchev–Trinajstić information content (AvgIpc) is 3.54. The van der Waals surface area contributed by atoms with Crippen LogP contribution in [0.1, 0.15) is 60.3 Å². The van der Waals surface area contributed by atoms with Gasteiger partial charge in [-0.1, -0.05) is 121 Å². The summed E-state index contributed by atoms with van der Waals surface area (Å²) in [4.78, 5) is 47.3. The summed E-state index contributed by atoms with van der Waals surface area (Å²) < 4.78 is 0. The second kappa shape index (κ2) is 16.9. The number of ketones is 1. The van der Waals surface area contributed by atoms with E-state index in [1.807, 2.05) is 89.8 Å². The summed E-state index contributed by atoms with van der Waals surface area (Å²) in [5, 5.41) is 6.42. The summed E-state index contributed by atoms with van der Waals surface area (Å²) >= 11 is 0. The van der Waals surface area contributed by atoms with E-state index in [0.29, 0.717) is 25.8 Å². The van der Waals surface area contributed by atoms with Crippen molar-refractivity contribution in [3.63, 3.8) is 0 Å². The van der Waals surface area contributed by atoms with Gasteiger partial charge in [-0.15, -0.1) is 0 Å². The van der Waals surface area contributed by atoms with Gasteiger partial charge in [-0.2, -0.15) is 0 Å². The lowest BCUT2D eigenvalue weighted by Crippen LogP contribution is -2.58. The Bertz CT molecular complexity index is 1650. The van der Waals surface area contributed by atoms with Crippen LogP contribution in [0.3, 0.4) is 0 Å². The van der Waals surface area contributed by atoms with Crippen LogP contribution in [0.2, 0.25) is 0 Å². The number of amides is 2. The van der Waals surface area contributed by atoms with Crippen LogP contribution in [0, 0.1) is 5.92 Å². The largest absolute Gasteiger partial charge is 0.343 e. The van der Waals surface area contributed by atoms with Crippen molar-refractivity contribution in [2.45, 2.75) is 75.2 Å². The molecule has 0 aromatic heterocycles. The second-order valence-corrected chi connectivity index (χ2v) is 14.1. The molecule has 2 aliphatic rings. The van der Waals surface area contributed by atoms with Crippen molar-refractivity contribution >= 4 is 17.6 Å². The maximum atomic E-state index is 14.8. The molecular formula is C43H50N4O3. The van der Waals surface area contributed by atoms with Gasteiger partial charge in [-0.3, -0.25) is 14.4 Å². The highest BCUT2D eigenvalue weighted by atomic mass is 16.2. The summed E-state index contributed by atoms with van der Waals surface area (Å²) in [5.74, 6) is -0.438. The molecule has 0 aliphatic carbocycles. The van der Waals surface area contributed by atoms with Gasteiger partial charge in [0, 0.05) is 37.4 Å². The van der Waals surface area contributed by atoms with Crippen molar-refractivity contribution in [2.24, 2.45) is 5.92 Å². The smallest absolute Gasteiger partial charge is 0.246 e. The maximum Gasteiger partial charge on any atom is 0.246 e. The lowest BCUT2D eigenvalue weighted by Gasteiger charge is -2.34. The van der Waals surface area contributed by atoms with Crippen LogP contribution < -0.4 is 10.6 Å². The van der Waals surface area contributed by atoms with Gasteiger partial charge in [0.05, 0.1) is 12.1 Å². The van der Waals surface area contributed by atoms with Crippen LogP contribution in [-0.2, 0) is 27.3 Å². The molecule has 2 amide bonds. The summed E-state index contributed by atoms with van der Waals surface area (Å²) in [5.41, 5.74) is 4.43. The number of nitrogens with zero attached hydrogens (tertiary/aromatic N) is 2. The van der Waals surface area contributed by atoms with Gasteiger partial charge in [0.2, 0.25) is 11.8 Å². The van der Waals surface area contributed by atoms with Crippen LogP contribution in [0.25, 0.3) is 0 Å². The van der Waals surface area contributed by atoms with Crippen LogP contribution >= 0.6 is 0 Å². The number of carbonyl (C=O) groups is 3. The summed E-state index contributed by atoms with van der Waals surface area (Å²) in [6.45, 7) is 1.39. The van der Waals surface area contributed by atoms with E-state index in [1.165, 1.54) is 5.56 Å². The highest BCUT2D eigenvalue weighted by Crippen LogP contribution is 2.37. The van der Waals surface area contributed by atoms with E-state index in [-0.39, 0.29) is 35.5 Å². The molecule has 4 aromatic rings. The van der Waals surface area contributed by atoms with Gasteiger partial charge in [0.25, 0.3) is 0 Å². The van der Waals surface area contributed by atoms with Crippen molar-refractivity contribution in [1.29, 1.82) is 0 Å². The quantitative estimate of drug-likeness (QED) is 0.172. The van der Waals surface area contributed by atoms with Gasteiger partial charge in [-0.05, 0) is 68.5 Å². The molecule has 50 heavy (non-hydrogen) atoms. The average molecular weight is 671 g/mol. The van der Waals surface area contributed by atoms with Gasteiger partial charge < -0.3 is 20.4 Å². The van der Waals surface area contributed by atoms with Crippen molar-refractivity contribution in [2.75, 3.05) is 20.6 Å². The highest BCUT2D eigenvalue weighted by molar-refractivity contribution is 5.95. The number of nitrogens with one attached hydrogen (secondary N) is 2. The zero-order valence-corrected chi connectivity index (χ0v) is 29.3. The molecule has 7 nitrogen and oxygen atoms in total. The molecule has 2 fully saturated rings. The molecule has 0 bridgehead atoms. The molecule has 0 unspecified atom stereocenters. The number of Topliss-reactive ketones (excluding diaryl/α,β-unsaturated/α-hetero) is 1. The first kappa shape index (κ1) is 35.2. The molecule has 0 spiro atoms. The third-order valence-electron chi connectivity index (χ3n) is 10.6. The Hall–Kier alpha value is -4.59. The van der Waals surface area contributed by atoms with E-state index >= 15 is 0 Å². The number of hydrogen-bond acceptors (Lipinski definition) is 5. The van der Waals surface area contributed by atoms with Crippen molar-refractivity contribution in [3.05, 3.63) is 144 Å². The van der Waals surface area contributed by atoms with Crippen molar-refractivity contribution in [1.82, 2.24) is 20.4 Å². The molecule has 4 aromatic carbocycles. The molecule has 0 radical (unpaired) electrons. The van der Waals surface area contributed by atoms with Crippen LogP contribution in [0.5, 0.6) is 0 Å². The SMILES string of the molecule is CN[C@H](Cc1ccccc1)C(=O)N[C@@H]1C(=O)N2[C@@H](CC[C@@H]1CN(C)Cc1ccccc1)CC[C@H]2C(=O)CC(c1ccccc1)c1ccccc1. The molecule has 260 valence electrons. The fraction of sp³-hybridized carbons (Fsp3) is 0.372. The number of carbonyl (C=O) groups excluding carboxylic acids is 3. The minimum absolute atomic E-state index is 0.0170. The number of benzene rings is 4. The lowest BCUT2D eigenvalue weighted by atomic mass is 9.85. The summed E-state index contributed by atoms with van der Waals surface area (Å²) in [6, 6.07) is 38.8. The first-order chi connectivity index (χ1) is 24.4. The van der Waals surface area contributed by atoms with E-state index in [2.05, 4.69) is 59.0 Å².